The second-order valence-electron chi connectivity index (χ2n) is 7.79. The van der Waals surface area contributed by atoms with Crippen molar-refractivity contribution >= 4 is 11.9 Å². The lowest BCUT2D eigenvalue weighted by Gasteiger charge is -2.40. The maximum atomic E-state index is 11.7. The Labute approximate surface area is 154 Å². The monoisotopic (exact) mass is 359 g/mol. The van der Waals surface area contributed by atoms with Crippen molar-refractivity contribution in [2.45, 2.75) is 58.5 Å². The molecule has 8 heteroatoms. The number of aliphatic imine (C=N–C) groups is 1. The van der Waals surface area contributed by atoms with E-state index < -0.39 is 0 Å². The van der Waals surface area contributed by atoms with Gasteiger partial charge in [0, 0.05) is 51.0 Å². The SMILES string of the molecule is CCNC(=NCc1nnc2n1CCCC2)N1CCCC2(CNC(=O)C2)C1. The Morgan fingerprint density at radius 1 is 1.31 bits per heavy atom. The van der Waals surface area contributed by atoms with E-state index in [9.17, 15) is 4.79 Å². The van der Waals surface area contributed by atoms with Crippen LogP contribution in [0.3, 0.4) is 0 Å². The first-order valence-corrected chi connectivity index (χ1v) is 9.90. The summed E-state index contributed by atoms with van der Waals surface area (Å²) in [6.07, 6.45) is 6.26. The van der Waals surface area contributed by atoms with Gasteiger partial charge in [0.25, 0.3) is 0 Å². The Hall–Kier alpha value is -2.12. The molecule has 1 unspecified atom stereocenters. The summed E-state index contributed by atoms with van der Waals surface area (Å²) in [5, 5.41) is 15.1. The van der Waals surface area contributed by atoms with Crippen molar-refractivity contribution in [3.05, 3.63) is 11.6 Å². The topological polar surface area (TPSA) is 87.4 Å². The molecule has 26 heavy (non-hydrogen) atoms. The summed E-state index contributed by atoms with van der Waals surface area (Å²) in [4.78, 5) is 18.9. The summed E-state index contributed by atoms with van der Waals surface area (Å²) in [6.45, 7) is 7.14. The van der Waals surface area contributed by atoms with Crippen molar-refractivity contribution in [1.82, 2.24) is 30.3 Å². The maximum Gasteiger partial charge on any atom is 0.220 e. The highest BCUT2D eigenvalue weighted by Crippen LogP contribution is 2.36. The van der Waals surface area contributed by atoms with Crippen LogP contribution < -0.4 is 10.6 Å². The molecule has 1 amide bonds. The minimum Gasteiger partial charge on any atom is -0.357 e. The Morgan fingerprint density at radius 3 is 3.04 bits per heavy atom. The lowest BCUT2D eigenvalue weighted by atomic mass is 9.79. The first kappa shape index (κ1) is 17.3. The van der Waals surface area contributed by atoms with Crippen LogP contribution in [0.4, 0.5) is 0 Å². The van der Waals surface area contributed by atoms with Crippen molar-refractivity contribution in [3.8, 4) is 0 Å². The molecular formula is C18H29N7O. The van der Waals surface area contributed by atoms with Crippen molar-refractivity contribution in [2.24, 2.45) is 10.4 Å². The molecule has 3 aliphatic rings. The zero-order chi connectivity index (χ0) is 18.0. The molecule has 0 radical (unpaired) electrons. The third-order valence-corrected chi connectivity index (χ3v) is 5.80. The predicted octanol–water partition coefficient (Wildman–Crippen LogP) is 0.682. The number of nitrogens with zero attached hydrogens (tertiary/aromatic N) is 5. The quantitative estimate of drug-likeness (QED) is 0.612. The van der Waals surface area contributed by atoms with E-state index in [1.807, 2.05) is 0 Å². The van der Waals surface area contributed by atoms with Crippen LogP contribution in [0.25, 0.3) is 0 Å². The zero-order valence-electron chi connectivity index (χ0n) is 15.6. The number of hydrogen-bond donors (Lipinski definition) is 2. The number of nitrogens with one attached hydrogen (secondary N) is 2. The first-order chi connectivity index (χ1) is 12.7. The number of fused-ring (bicyclic) bond motifs is 1. The highest BCUT2D eigenvalue weighted by Gasteiger charge is 2.42. The molecule has 1 atom stereocenters. The summed E-state index contributed by atoms with van der Waals surface area (Å²) < 4.78 is 2.23. The number of aromatic nitrogens is 3. The zero-order valence-corrected chi connectivity index (χ0v) is 15.6. The summed E-state index contributed by atoms with van der Waals surface area (Å²) in [5.74, 6) is 3.17. The normalized spacial score (nSPS) is 26.1. The average Bonchev–Trinajstić information content (AvgIpc) is 3.22. The molecule has 4 heterocycles. The van der Waals surface area contributed by atoms with Crippen LogP contribution in [-0.4, -0.2) is 57.7 Å². The summed E-state index contributed by atoms with van der Waals surface area (Å²) in [6, 6.07) is 0. The minimum atomic E-state index is 0.0690. The van der Waals surface area contributed by atoms with Gasteiger partial charge in [0.15, 0.2) is 11.8 Å². The number of carbonyl (C=O) groups excluding carboxylic acids is 1. The number of piperidine rings is 1. The van der Waals surface area contributed by atoms with Crippen molar-refractivity contribution in [1.29, 1.82) is 0 Å². The molecule has 2 fully saturated rings. The molecule has 4 rings (SSSR count). The van der Waals surface area contributed by atoms with Crippen LogP contribution in [0.15, 0.2) is 4.99 Å². The van der Waals surface area contributed by atoms with Crippen molar-refractivity contribution in [3.63, 3.8) is 0 Å². The van der Waals surface area contributed by atoms with Gasteiger partial charge < -0.3 is 20.1 Å². The standard InChI is InChI=1S/C18H29N7O/c1-2-19-17(20-11-15-23-22-14-6-3-4-9-25(14)15)24-8-5-7-18(13-24)10-16(26)21-12-18/h2-13H2,1H3,(H,19,20)(H,21,26). The smallest absolute Gasteiger partial charge is 0.220 e. The Kier molecular flexibility index (Phi) is 4.82. The van der Waals surface area contributed by atoms with Crippen molar-refractivity contribution in [2.75, 3.05) is 26.2 Å². The van der Waals surface area contributed by atoms with Crippen LogP contribution in [0, 0.1) is 5.41 Å². The van der Waals surface area contributed by atoms with Crippen molar-refractivity contribution < 1.29 is 4.79 Å². The van der Waals surface area contributed by atoms with E-state index in [4.69, 9.17) is 4.99 Å². The number of hydrogen-bond acceptors (Lipinski definition) is 4. The highest BCUT2D eigenvalue weighted by molar-refractivity contribution is 5.81. The number of guanidine groups is 1. The number of aryl methyl sites for hydroxylation is 1. The van der Waals surface area contributed by atoms with E-state index >= 15 is 0 Å². The van der Waals surface area contributed by atoms with Crippen LogP contribution in [0.2, 0.25) is 0 Å². The highest BCUT2D eigenvalue weighted by atomic mass is 16.1. The summed E-state index contributed by atoms with van der Waals surface area (Å²) in [5.41, 5.74) is 0.0690. The third kappa shape index (κ3) is 3.41. The van der Waals surface area contributed by atoms with E-state index in [0.717, 1.165) is 69.6 Å². The molecule has 1 aromatic heterocycles. The molecule has 1 spiro atoms. The lowest BCUT2D eigenvalue weighted by molar-refractivity contribution is -0.119. The molecule has 2 N–H and O–H groups in total. The van der Waals surface area contributed by atoms with Gasteiger partial charge in [0.1, 0.15) is 12.4 Å². The van der Waals surface area contributed by atoms with Gasteiger partial charge in [-0.1, -0.05) is 0 Å². The van der Waals surface area contributed by atoms with Crippen LogP contribution in [0.5, 0.6) is 0 Å². The van der Waals surface area contributed by atoms with E-state index in [0.29, 0.717) is 13.0 Å². The molecule has 0 aliphatic carbocycles. The van der Waals surface area contributed by atoms with Gasteiger partial charge in [-0.05, 0) is 32.6 Å². The fourth-order valence-electron chi connectivity index (χ4n) is 4.49. The van der Waals surface area contributed by atoms with Gasteiger partial charge in [-0.15, -0.1) is 10.2 Å². The average molecular weight is 359 g/mol. The van der Waals surface area contributed by atoms with Crippen LogP contribution in [0.1, 0.15) is 50.7 Å². The molecule has 0 saturated carbocycles. The Balaban J connectivity index is 1.49. The summed E-state index contributed by atoms with van der Waals surface area (Å²) in [7, 11) is 0. The molecule has 1 aromatic rings. The van der Waals surface area contributed by atoms with Crippen LogP contribution in [-0.2, 0) is 24.3 Å². The number of carbonyl (C=O) groups is 1. The Bertz CT molecular complexity index is 698. The predicted molar refractivity (Wildman–Crippen MR) is 98.6 cm³/mol. The van der Waals surface area contributed by atoms with E-state index in [1.54, 1.807) is 0 Å². The lowest BCUT2D eigenvalue weighted by Crippen LogP contribution is -2.51. The first-order valence-electron chi connectivity index (χ1n) is 9.90. The van der Waals surface area contributed by atoms with Gasteiger partial charge in [-0.25, -0.2) is 4.99 Å². The fourth-order valence-corrected chi connectivity index (χ4v) is 4.49. The molecule has 0 aromatic carbocycles. The second kappa shape index (κ2) is 7.25. The summed E-state index contributed by atoms with van der Waals surface area (Å²) >= 11 is 0. The van der Waals surface area contributed by atoms with E-state index in [2.05, 4.69) is 37.2 Å². The van der Waals surface area contributed by atoms with E-state index in [1.165, 1.54) is 12.8 Å². The molecule has 142 valence electrons. The Morgan fingerprint density at radius 2 is 2.23 bits per heavy atom. The molecule has 0 bridgehead atoms. The number of likely N-dealkylation sites (tertiary alicyclic amines) is 1. The molecule has 3 aliphatic heterocycles. The molecular weight excluding hydrogens is 330 g/mol. The maximum absolute atomic E-state index is 11.7. The van der Waals surface area contributed by atoms with Gasteiger partial charge in [-0.2, -0.15) is 0 Å². The fraction of sp³-hybridized carbons (Fsp3) is 0.778. The van der Waals surface area contributed by atoms with Gasteiger partial charge in [0.2, 0.25) is 5.91 Å². The molecule has 2 saturated heterocycles. The van der Waals surface area contributed by atoms with Gasteiger partial charge >= 0.3 is 0 Å². The largest absolute Gasteiger partial charge is 0.357 e. The molecule has 8 nitrogen and oxygen atoms in total. The number of amides is 1. The van der Waals surface area contributed by atoms with E-state index in [-0.39, 0.29) is 11.3 Å². The minimum absolute atomic E-state index is 0.0690. The second-order valence-corrected chi connectivity index (χ2v) is 7.79. The van der Waals surface area contributed by atoms with Crippen LogP contribution >= 0.6 is 0 Å². The van der Waals surface area contributed by atoms with Gasteiger partial charge in [0.05, 0.1) is 0 Å². The van der Waals surface area contributed by atoms with Gasteiger partial charge in [-0.3, -0.25) is 4.79 Å². The third-order valence-electron chi connectivity index (χ3n) is 5.80. The number of rotatable bonds is 3.